The molecule has 22 heavy (non-hydrogen) atoms. The van der Waals surface area contributed by atoms with Crippen LogP contribution < -0.4 is 10.6 Å². The maximum absolute atomic E-state index is 12.4. The molecule has 0 aromatic carbocycles. The summed E-state index contributed by atoms with van der Waals surface area (Å²) in [5.74, 6) is 0.848. The number of aromatic nitrogens is 2. The molecule has 1 fully saturated rings. The summed E-state index contributed by atoms with van der Waals surface area (Å²) < 4.78 is 1.79. The van der Waals surface area contributed by atoms with Crippen LogP contribution in [0.15, 0.2) is 12.4 Å². The molecule has 1 saturated heterocycles. The summed E-state index contributed by atoms with van der Waals surface area (Å²) in [6.07, 6.45) is 7.85. The van der Waals surface area contributed by atoms with Crippen molar-refractivity contribution in [3.63, 3.8) is 0 Å². The predicted molar refractivity (Wildman–Crippen MR) is 88.4 cm³/mol. The molecule has 0 bridgehead atoms. The van der Waals surface area contributed by atoms with E-state index >= 15 is 0 Å². The van der Waals surface area contributed by atoms with Crippen LogP contribution in [0.3, 0.4) is 0 Å². The molecule has 1 aromatic heterocycles. The zero-order valence-corrected chi connectivity index (χ0v) is 14.4. The lowest BCUT2D eigenvalue weighted by atomic mass is 9.83. The largest absolute Gasteiger partial charge is 0.349 e. The Labute approximate surface area is 133 Å². The number of amides is 1. The standard InChI is InChI=1S/C17H30N4O/c1-17(2,3)16(14-11-19-21(4)12-14)20-15(22)6-5-13-7-9-18-10-8-13/h11-13,16,18H,5-10H2,1-4H3,(H,20,22). The molecule has 2 N–H and O–H groups in total. The molecule has 1 aliphatic heterocycles. The lowest BCUT2D eigenvalue weighted by molar-refractivity contribution is -0.123. The Hall–Kier alpha value is -1.36. The van der Waals surface area contributed by atoms with Gasteiger partial charge in [0.1, 0.15) is 0 Å². The van der Waals surface area contributed by atoms with Crippen molar-refractivity contribution in [3.05, 3.63) is 18.0 Å². The molecule has 1 aromatic rings. The third-order valence-electron chi connectivity index (χ3n) is 4.47. The van der Waals surface area contributed by atoms with Gasteiger partial charge in [-0.2, -0.15) is 5.10 Å². The highest BCUT2D eigenvalue weighted by atomic mass is 16.1. The number of nitrogens with zero attached hydrogens (tertiary/aromatic N) is 2. The van der Waals surface area contributed by atoms with E-state index in [1.54, 1.807) is 4.68 Å². The summed E-state index contributed by atoms with van der Waals surface area (Å²) in [4.78, 5) is 12.4. The highest BCUT2D eigenvalue weighted by molar-refractivity contribution is 5.76. The summed E-state index contributed by atoms with van der Waals surface area (Å²) >= 11 is 0. The normalized spacial score (nSPS) is 18.2. The van der Waals surface area contributed by atoms with Gasteiger partial charge in [0.25, 0.3) is 0 Å². The Kier molecular flexibility index (Phi) is 5.62. The van der Waals surface area contributed by atoms with E-state index < -0.39 is 0 Å². The maximum atomic E-state index is 12.4. The van der Waals surface area contributed by atoms with Gasteiger partial charge in [-0.25, -0.2) is 0 Å². The van der Waals surface area contributed by atoms with E-state index in [2.05, 4.69) is 36.5 Å². The van der Waals surface area contributed by atoms with Crippen molar-refractivity contribution in [1.82, 2.24) is 20.4 Å². The summed E-state index contributed by atoms with van der Waals surface area (Å²) in [7, 11) is 1.90. The third kappa shape index (κ3) is 4.83. The quantitative estimate of drug-likeness (QED) is 0.878. The van der Waals surface area contributed by atoms with Crippen molar-refractivity contribution in [2.75, 3.05) is 13.1 Å². The van der Waals surface area contributed by atoms with E-state index in [1.807, 2.05) is 19.4 Å². The van der Waals surface area contributed by atoms with Crippen molar-refractivity contribution in [2.24, 2.45) is 18.4 Å². The van der Waals surface area contributed by atoms with Crippen LogP contribution in [0, 0.1) is 11.3 Å². The summed E-state index contributed by atoms with van der Waals surface area (Å²) in [6.45, 7) is 8.63. The molecule has 1 atom stereocenters. The summed E-state index contributed by atoms with van der Waals surface area (Å²) in [5, 5.41) is 10.8. The van der Waals surface area contributed by atoms with Gasteiger partial charge in [0, 0.05) is 25.2 Å². The number of carbonyl (C=O) groups is 1. The van der Waals surface area contributed by atoms with Gasteiger partial charge in [-0.3, -0.25) is 9.48 Å². The van der Waals surface area contributed by atoms with E-state index in [0.717, 1.165) is 25.1 Å². The number of aryl methyl sites for hydroxylation is 1. The average Bonchev–Trinajstić information content (AvgIpc) is 2.88. The topological polar surface area (TPSA) is 59.0 Å². The van der Waals surface area contributed by atoms with Crippen LogP contribution in [-0.2, 0) is 11.8 Å². The van der Waals surface area contributed by atoms with Gasteiger partial charge in [-0.05, 0) is 43.7 Å². The molecule has 0 radical (unpaired) electrons. The number of rotatable bonds is 5. The minimum absolute atomic E-state index is 0.00159. The number of nitrogens with one attached hydrogen (secondary N) is 2. The lowest BCUT2D eigenvalue weighted by Crippen LogP contribution is -2.37. The van der Waals surface area contributed by atoms with Crippen LogP contribution in [0.4, 0.5) is 0 Å². The first-order valence-corrected chi connectivity index (χ1v) is 8.35. The highest BCUT2D eigenvalue weighted by Gasteiger charge is 2.29. The van der Waals surface area contributed by atoms with Crippen LogP contribution in [-0.4, -0.2) is 28.8 Å². The molecule has 5 nitrogen and oxygen atoms in total. The van der Waals surface area contributed by atoms with Crippen molar-refractivity contribution in [1.29, 1.82) is 0 Å². The fraction of sp³-hybridized carbons (Fsp3) is 0.765. The van der Waals surface area contributed by atoms with Crippen molar-refractivity contribution >= 4 is 5.91 Å². The van der Waals surface area contributed by atoms with E-state index in [4.69, 9.17) is 0 Å². The molecular weight excluding hydrogens is 276 g/mol. The molecule has 0 aliphatic carbocycles. The number of carbonyl (C=O) groups excluding carboxylic acids is 1. The van der Waals surface area contributed by atoms with Crippen molar-refractivity contribution in [3.8, 4) is 0 Å². The molecule has 2 heterocycles. The molecule has 2 rings (SSSR count). The second kappa shape index (κ2) is 7.27. The molecule has 0 spiro atoms. The van der Waals surface area contributed by atoms with Crippen molar-refractivity contribution < 1.29 is 4.79 Å². The summed E-state index contributed by atoms with van der Waals surface area (Å²) in [5.41, 5.74) is 1.04. The fourth-order valence-corrected chi connectivity index (χ4v) is 3.13. The van der Waals surface area contributed by atoms with Crippen LogP contribution in [0.1, 0.15) is 58.1 Å². The molecule has 1 aliphatic rings. The van der Waals surface area contributed by atoms with Crippen LogP contribution in [0.2, 0.25) is 0 Å². The fourth-order valence-electron chi connectivity index (χ4n) is 3.13. The highest BCUT2D eigenvalue weighted by Crippen LogP contribution is 2.32. The Morgan fingerprint density at radius 1 is 1.45 bits per heavy atom. The van der Waals surface area contributed by atoms with Gasteiger partial charge < -0.3 is 10.6 Å². The number of hydrogen-bond acceptors (Lipinski definition) is 3. The van der Waals surface area contributed by atoms with E-state index in [1.165, 1.54) is 12.8 Å². The molecule has 0 saturated carbocycles. The Balaban J connectivity index is 1.90. The van der Waals surface area contributed by atoms with Gasteiger partial charge in [0.15, 0.2) is 0 Å². The van der Waals surface area contributed by atoms with Crippen LogP contribution >= 0.6 is 0 Å². The zero-order chi connectivity index (χ0) is 16.2. The van der Waals surface area contributed by atoms with Gasteiger partial charge in [0.2, 0.25) is 5.91 Å². The molecule has 1 amide bonds. The minimum Gasteiger partial charge on any atom is -0.349 e. The first kappa shape index (κ1) is 17.0. The zero-order valence-electron chi connectivity index (χ0n) is 14.4. The Morgan fingerprint density at radius 2 is 2.14 bits per heavy atom. The van der Waals surface area contributed by atoms with Gasteiger partial charge in [-0.15, -0.1) is 0 Å². The van der Waals surface area contributed by atoms with Crippen molar-refractivity contribution in [2.45, 2.75) is 52.5 Å². The van der Waals surface area contributed by atoms with E-state index in [0.29, 0.717) is 12.3 Å². The predicted octanol–water partition coefficient (Wildman–Crippen LogP) is 2.40. The monoisotopic (exact) mass is 306 g/mol. The second-order valence-corrected chi connectivity index (χ2v) is 7.55. The summed E-state index contributed by atoms with van der Waals surface area (Å²) in [6, 6.07) is 0.00159. The lowest BCUT2D eigenvalue weighted by Gasteiger charge is -2.31. The maximum Gasteiger partial charge on any atom is 0.220 e. The van der Waals surface area contributed by atoms with E-state index in [-0.39, 0.29) is 17.4 Å². The number of piperidine rings is 1. The molecule has 1 unspecified atom stereocenters. The Morgan fingerprint density at radius 3 is 2.68 bits per heavy atom. The first-order chi connectivity index (χ1) is 10.4. The molecular formula is C17H30N4O. The first-order valence-electron chi connectivity index (χ1n) is 8.35. The van der Waals surface area contributed by atoms with Gasteiger partial charge in [0.05, 0.1) is 12.2 Å². The third-order valence-corrected chi connectivity index (χ3v) is 4.47. The second-order valence-electron chi connectivity index (χ2n) is 7.55. The van der Waals surface area contributed by atoms with E-state index in [9.17, 15) is 4.79 Å². The van der Waals surface area contributed by atoms with Crippen LogP contribution in [0.25, 0.3) is 0 Å². The van der Waals surface area contributed by atoms with Crippen LogP contribution in [0.5, 0.6) is 0 Å². The Bertz CT molecular complexity index is 483. The SMILES string of the molecule is Cn1cc(C(NC(=O)CCC2CCNCC2)C(C)(C)C)cn1. The smallest absolute Gasteiger partial charge is 0.220 e. The van der Waals surface area contributed by atoms with Gasteiger partial charge in [-0.1, -0.05) is 20.8 Å². The minimum atomic E-state index is -0.0343. The molecule has 5 heteroatoms. The molecule has 124 valence electrons. The number of hydrogen-bond donors (Lipinski definition) is 2. The average molecular weight is 306 g/mol. The van der Waals surface area contributed by atoms with Gasteiger partial charge >= 0.3 is 0 Å².